The van der Waals surface area contributed by atoms with Crippen molar-refractivity contribution in [2.24, 2.45) is 7.05 Å². The molecule has 0 saturated carbocycles. The summed E-state index contributed by atoms with van der Waals surface area (Å²) in [6, 6.07) is 8.31. The predicted octanol–water partition coefficient (Wildman–Crippen LogP) is 2.60. The van der Waals surface area contributed by atoms with E-state index in [1.54, 1.807) is 12.1 Å². The van der Waals surface area contributed by atoms with Gasteiger partial charge in [-0.05, 0) is 31.2 Å². The first kappa shape index (κ1) is 11.3. The maximum atomic E-state index is 12.8. The Labute approximate surface area is 99.1 Å². The quantitative estimate of drug-likeness (QED) is 0.794. The van der Waals surface area contributed by atoms with Crippen LogP contribution < -0.4 is 0 Å². The Hall–Kier alpha value is -2.15. The Morgan fingerprint density at radius 1 is 1.35 bits per heavy atom. The highest BCUT2D eigenvalue weighted by atomic mass is 19.1. The molecule has 0 radical (unpaired) electrons. The Balaban J connectivity index is 2.50. The minimum absolute atomic E-state index is 0.267. The lowest BCUT2D eigenvalue weighted by molar-refractivity contribution is 0.628. The summed E-state index contributed by atoms with van der Waals surface area (Å²) in [5, 5.41) is 8.74. The molecule has 0 aliphatic carbocycles. The fourth-order valence-corrected chi connectivity index (χ4v) is 1.85. The van der Waals surface area contributed by atoms with Crippen LogP contribution in [0.25, 0.3) is 11.4 Å². The Bertz CT molecular complexity index is 576. The normalized spacial score (nSPS) is 10.2. The summed E-state index contributed by atoms with van der Waals surface area (Å²) in [5.41, 5.74) is 2.58. The average Bonchev–Trinajstić information content (AvgIpc) is 2.59. The number of halogens is 1. The van der Waals surface area contributed by atoms with Crippen LogP contribution >= 0.6 is 0 Å². The monoisotopic (exact) mass is 229 g/mol. The van der Waals surface area contributed by atoms with Crippen molar-refractivity contribution in [3.63, 3.8) is 0 Å². The van der Waals surface area contributed by atoms with Crippen LogP contribution in [0.2, 0.25) is 0 Å². The van der Waals surface area contributed by atoms with Crippen molar-refractivity contribution in [1.29, 1.82) is 5.26 Å². The highest BCUT2D eigenvalue weighted by Crippen LogP contribution is 2.21. The van der Waals surface area contributed by atoms with Crippen molar-refractivity contribution in [1.82, 2.24) is 9.55 Å². The number of nitrogens with zero attached hydrogens (tertiary/aromatic N) is 3. The first-order valence-electron chi connectivity index (χ1n) is 5.28. The average molecular weight is 229 g/mol. The Morgan fingerprint density at radius 2 is 2.00 bits per heavy atom. The molecule has 0 aliphatic heterocycles. The minimum atomic E-state index is -0.267. The highest BCUT2D eigenvalue weighted by Gasteiger charge is 2.12. The third-order valence-corrected chi connectivity index (χ3v) is 2.76. The van der Waals surface area contributed by atoms with Gasteiger partial charge in [0.05, 0.1) is 23.9 Å². The lowest BCUT2D eigenvalue weighted by Crippen LogP contribution is -1.98. The maximum Gasteiger partial charge on any atom is 0.140 e. The molecular weight excluding hydrogens is 217 g/mol. The van der Waals surface area contributed by atoms with Gasteiger partial charge < -0.3 is 4.57 Å². The summed E-state index contributed by atoms with van der Waals surface area (Å²) in [6.07, 6.45) is 0.330. The van der Waals surface area contributed by atoms with Crippen LogP contribution in [0.3, 0.4) is 0 Å². The number of imidazole rings is 1. The molecule has 0 saturated heterocycles. The molecule has 0 aliphatic rings. The van der Waals surface area contributed by atoms with Crippen LogP contribution in [0.5, 0.6) is 0 Å². The van der Waals surface area contributed by atoms with E-state index in [9.17, 15) is 4.39 Å². The van der Waals surface area contributed by atoms with E-state index in [0.717, 1.165) is 22.8 Å². The van der Waals surface area contributed by atoms with Gasteiger partial charge in [0.1, 0.15) is 11.6 Å². The van der Waals surface area contributed by atoms with E-state index in [1.165, 1.54) is 12.1 Å². The van der Waals surface area contributed by atoms with Crippen LogP contribution in [0, 0.1) is 24.1 Å². The predicted molar refractivity (Wildman–Crippen MR) is 62.7 cm³/mol. The molecule has 4 heteroatoms. The number of aryl methyl sites for hydroxylation is 1. The zero-order chi connectivity index (χ0) is 12.4. The van der Waals surface area contributed by atoms with Gasteiger partial charge in [-0.25, -0.2) is 9.37 Å². The third-order valence-electron chi connectivity index (χ3n) is 2.76. The third kappa shape index (κ3) is 2.04. The minimum Gasteiger partial charge on any atom is -0.330 e. The van der Waals surface area contributed by atoms with E-state index >= 15 is 0 Å². The second-order valence-corrected chi connectivity index (χ2v) is 3.87. The molecule has 2 aromatic rings. The second-order valence-electron chi connectivity index (χ2n) is 3.87. The van der Waals surface area contributed by atoms with Crippen molar-refractivity contribution in [3.05, 3.63) is 41.5 Å². The number of nitriles is 1. The van der Waals surface area contributed by atoms with Crippen molar-refractivity contribution in [2.75, 3.05) is 0 Å². The van der Waals surface area contributed by atoms with E-state index in [2.05, 4.69) is 11.1 Å². The number of benzene rings is 1. The van der Waals surface area contributed by atoms with Gasteiger partial charge in [0.25, 0.3) is 0 Å². The van der Waals surface area contributed by atoms with Crippen LogP contribution in [0.4, 0.5) is 4.39 Å². The number of aromatic nitrogens is 2. The van der Waals surface area contributed by atoms with Gasteiger partial charge in [0.15, 0.2) is 0 Å². The van der Waals surface area contributed by atoms with Gasteiger partial charge in [0.2, 0.25) is 0 Å². The molecule has 3 nitrogen and oxygen atoms in total. The van der Waals surface area contributed by atoms with Gasteiger partial charge in [-0.3, -0.25) is 0 Å². The molecule has 0 spiro atoms. The zero-order valence-corrected chi connectivity index (χ0v) is 9.74. The molecule has 1 aromatic carbocycles. The van der Waals surface area contributed by atoms with E-state index in [-0.39, 0.29) is 5.82 Å². The molecular formula is C13H12FN3. The Morgan fingerprint density at radius 3 is 2.59 bits per heavy atom. The van der Waals surface area contributed by atoms with Gasteiger partial charge >= 0.3 is 0 Å². The molecule has 0 fully saturated rings. The zero-order valence-electron chi connectivity index (χ0n) is 9.74. The maximum absolute atomic E-state index is 12.8. The van der Waals surface area contributed by atoms with E-state index in [0.29, 0.717) is 6.42 Å². The molecule has 1 heterocycles. The van der Waals surface area contributed by atoms with E-state index in [4.69, 9.17) is 5.26 Å². The molecule has 1 aromatic heterocycles. The van der Waals surface area contributed by atoms with E-state index < -0.39 is 0 Å². The Kier molecular flexibility index (Phi) is 2.92. The summed E-state index contributed by atoms with van der Waals surface area (Å²) >= 11 is 0. The molecule has 0 bridgehead atoms. The van der Waals surface area contributed by atoms with Gasteiger partial charge in [-0.2, -0.15) is 5.26 Å². The van der Waals surface area contributed by atoms with Crippen molar-refractivity contribution >= 4 is 0 Å². The number of hydrogen-bond acceptors (Lipinski definition) is 2. The first-order valence-corrected chi connectivity index (χ1v) is 5.28. The lowest BCUT2D eigenvalue weighted by atomic mass is 10.2. The number of rotatable bonds is 2. The van der Waals surface area contributed by atoms with Gasteiger partial charge in [-0.15, -0.1) is 0 Å². The van der Waals surface area contributed by atoms with Crippen LogP contribution in [-0.2, 0) is 13.5 Å². The summed E-state index contributed by atoms with van der Waals surface area (Å²) in [7, 11) is 1.87. The summed E-state index contributed by atoms with van der Waals surface area (Å²) in [6.45, 7) is 1.87. The fourth-order valence-electron chi connectivity index (χ4n) is 1.85. The van der Waals surface area contributed by atoms with Crippen LogP contribution in [0.15, 0.2) is 24.3 Å². The summed E-state index contributed by atoms with van der Waals surface area (Å²) in [5.74, 6) is 0.490. The molecule has 0 amide bonds. The van der Waals surface area contributed by atoms with Crippen molar-refractivity contribution in [2.45, 2.75) is 13.3 Å². The molecule has 17 heavy (non-hydrogen) atoms. The smallest absolute Gasteiger partial charge is 0.140 e. The lowest BCUT2D eigenvalue weighted by Gasteiger charge is -2.03. The second kappa shape index (κ2) is 4.38. The topological polar surface area (TPSA) is 41.6 Å². The standard InChI is InChI=1S/C13H12FN3/c1-9-12(7-8-15)17(2)13(16-9)10-3-5-11(14)6-4-10/h3-6H,7H2,1-2H3. The first-order chi connectivity index (χ1) is 8.13. The summed E-state index contributed by atoms with van der Waals surface area (Å²) in [4.78, 5) is 4.42. The number of hydrogen-bond donors (Lipinski definition) is 0. The molecule has 86 valence electrons. The highest BCUT2D eigenvalue weighted by molar-refractivity contribution is 5.56. The molecule has 2 rings (SSSR count). The summed E-state index contributed by atoms with van der Waals surface area (Å²) < 4.78 is 14.7. The molecule has 0 atom stereocenters. The van der Waals surface area contributed by atoms with Crippen molar-refractivity contribution in [3.8, 4) is 17.5 Å². The molecule has 0 unspecified atom stereocenters. The largest absolute Gasteiger partial charge is 0.330 e. The molecule has 0 N–H and O–H groups in total. The van der Waals surface area contributed by atoms with Crippen molar-refractivity contribution < 1.29 is 4.39 Å². The van der Waals surface area contributed by atoms with Gasteiger partial charge in [0, 0.05) is 12.6 Å². The van der Waals surface area contributed by atoms with E-state index in [1.807, 2.05) is 18.5 Å². The van der Waals surface area contributed by atoms with Crippen LogP contribution in [0.1, 0.15) is 11.4 Å². The van der Waals surface area contributed by atoms with Crippen LogP contribution in [-0.4, -0.2) is 9.55 Å². The van der Waals surface area contributed by atoms with Gasteiger partial charge in [-0.1, -0.05) is 0 Å². The fraction of sp³-hybridized carbons (Fsp3) is 0.231. The SMILES string of the molecule is Cc1nc(-c2ccc(F)cc2)n(C)c1CC#N.